The summed E-state index contributed by atoms with van der Waals surface area (Å²) in [6, 6.07) is 9.16. The fourth-order valence-electron chi connectivity index (χ4n) is 4.78. The molecule has 1 saturated heterocycles. The van der Waals surface area contributed by atoms with Crippen molar-refractivity contribution >= 4 is 15.9 Å². The van der Waals surface area contributed by atoms with Crippen LogP contribution in [0.5, 0.6) is 5.75 Å². The van der Waals surface area contributed by atoms with Crippen LogP contribution in [0.1, 0.15) is 40.8 Å². The summed E-state index contributed by atoms with van der Waals surface area (Å²) < 4.78 is 116. The molecule has 6 nitrogen and oxygen atoms in total. The van der Waals surface area contributed by atoms with Crippen molar-refractivity contribution in [1.29, 1.82) is 0 Å². The van der Waals surface area contributed by atoms with E-state index >= 15 is 0 Å². The number of carbonyl (C=O) groups is 1. The molecule has 2 atom stereocenters. The number of nitrogens with zero attached hydrogens (tertiary/aromatic N) is 1. The predicted molar refractivity (Wildman–Crippen MR) is 137 cm³/mol. The first-order chi connectivity index (χ1) is 18.9. The molecule has 1 amide bonds. The Morgan fingerprint density at radius 2 is 1.56 bits per heavy atom. The maximum atomic E-state index is 13.7. The van der Waals surface area contributed by atoms with Gasteiger partial charge in [-0.1, -0.05) is 17.7 Å². The molecule has 0 unspecified atom stereocenters. The molecule has 41 heavy (non-hydrogen) atoms. The highest BCUT2D eigenvalue weighted by atomic mass is 32.2. The summed E-state index contributed by atoms with van der Waals surface area (Å²) in [7, 11) is -2.39. The summed E-state index contributed by atoms with van der Waals surface area (Å²) in [6.07, 6.45) is -10.5. The van der Waals surface area contributed by atoms with Gasteiger partial charge in [0.25, 0.3) is 0 Å². The van der Waals surface area contributed by atoms with Gasteiger partial charge in [0.2, 0.25) is 0 Å². The normalized spacial score (nSPS) is 18.0. The molecule has 4 rings (SSSR count). The van der Waals surface area contributed by atoms with E-state index in [1.54, 1.807) is 0 Å². The van der Waals surface area contributed by atoms with Gasteiger partial charge in [-0.2, -0.15) is 26.3 Å². The maximum absolute atomic E-state index is 13.7. The number of halogens is 6. The SMILES string of the molecule is COc1ccc(S(C)(=O)=O)cc1-c1ccc(C(F)(F)F)cc1CN1C(=O)O[C@H](c2cc(C)cc(C(F)(F)F)c2)[C@@H]1C. The van der Waals surface area contributed by atoms with Gasteiger partial charge in [0, 0.05) is 11.8 Å². The zero-order chi connectivity index (χ0) is 30.5. The van der Waals surface area contributed by atoms with Gasteiger partial charge in [-0.05, 0) is 73.0 Å². The first-order valence-electron chi connectivity index (χ1n) is 12.1. The van der Waals surface area contributed by atoms with Crippen LogP contribution in [0.4, 0.5) is 31.1 Å². The van der Waals surface area contributed by atoms with Crippen LogP contribution in [-0.2, 0) is 33.5 Å². The lowest BCUT2D eigenvalue weighted by molar-refractivity contribution is -0.138. The first-order valence-corrected chi connectivity index (χ1v) is 14.0. The van der Waals surface area contributed by atoms with E-state index in [9.17, 15) is 39.6 Å². The predicted octanol–water partition coefficient (Wildman–Crippen LogP) is 7.19. The highest BCUT2D eigenvalue weighted by Gasteiger charge is 2.42. The van der Waals surface area contributed by atoms with Gasteiger partial charge in [0.1, 0.15) is 11.9 Å². The lowest BCUT2D eigenvalue weighted by Crippen LogP contribution is -2.31. The molecule has 3 aromatic rings. The van der Waals surface area contributed by atoms with Crippen molar-refractivity contribution in [2.45, 2.75) is 49.8 Å². The quantitative estimate of drug-likeness (QED) is 0.280. The second-order valence-electron chi connectivity index (χ2n) is 9.81. The number of alkyl halides is 6. The number of sulfone groups is 1. The van der Waals surface area contributed by atoms with Gasteiger partial charge in [0.15, 0.2) is 9.84 Å². The molecular formula is C28H25F6NO5S. The van der Waals surface area contributed by atoms with Crippen LogP contribution in [-0.4, -0.2) is 38.8 Å². The maximum Gasteiger partial charge on any atom is 0.416 e. The van der Waals surface area contributed by atoms with E-state index in [0.29, 0.717) is 0 Å². The summed E-state index contributed by atoms with van der Waals surface area (Å²) in [5.74, 6) is 0.174. The van der Waals surface area contributed by atoms with Crippen LogP contribution in [0.15, 0.2) is 59.5 Å². The Morgan fingerprint density at radius 1 is 0.902 bits per heavy atom. The summed E-state index contributed by atoms with van der Waals surface area (Å²) in [4.78, 5) is 13.9. The topological polar surface area (TPSA) is 72.9 Å². The minimum atomic E-state index is -4.73. The number of cyclic esters (lactones) is 1. The summed E-state index contributed by atoms with van der Waals surface area (Å²) in [5, 5.41) is 0. The van der Waals surface area contributed by atoms with Crippen molar-refractivity contribution in [3.05, 3.63) is 82.4 Å². The smallest absolute Gasteiger partial charge is 0.416 e. The number of amides is 1. The largest absolute Gasteiger partial charge is 0.496 e. The monoisotopic (exact) mass is 601 g/mol. The molecule has 1 aliphatic rings. The lowest BCUT2D eigenvalue weighted by atomic mass is 9.95. The minimum absolute atomic E-state index is 0.00607. The molecule has 1 heterocycles. The minimum Gasteiger partial charge on any atom is -0.496 e. The van der Waals surface area contributed by atoms with Crippen molar-refractivity contribution < 1.29 is 49.0 Å². The fourth-order valence-corrected chi connectivity index (χ4v) is 5.42. The fraction of sp³-hybridized carbons (Fsp3) is 0.321. The standard InChI is InChI=1S/C28H25F6NO5S/c1-15-9-17(11-20(10-15)28(32,33)34)25-16(2)35(26(36)40-25)14-18-12-19(27(29,30)31)5-7-22(18)23-13-21(41(4,37)38)6-8-24(23)39-3/h5-13,16,25H,14H2,1-4H3/t16-,25-/m0/s1. The van der Waals surface area contributed by atoms with Crippen molar-refractivity contribution in [3.63, 3.8) is 0 Å². The summed E-state index contributed by atoms with van der Waals surface area (Å²) in [5.41, 5.74) is -1.23. The van der Waals surface area contributed by atoms with Crippen LogP contribution in [0.3, 0.4) is 0 Å². The van der Waals surface area contributed by atoms with Gasteiger partial charge < -0.3 is 9.47 Å². The number of carbonyl (C=O) groups excluding carboxylic acids is 1. The van der Waals surface area contributed by atoms with E-state index in [1.807, 2.05) is 0 Å². The number of benzene rings is 3. The van der Waals surface area contributed by atoms with Gasteiger partial charge in [0.05, 0.1) is 35.7 Å². The Hall–Kier alpha value is -3.74. The van der Waals surface area contributed by atoms with Crippen molar-refractivity contribution in [3.8, 4) is 16.9 Å². The molecule has 0 N–H and O–H groups in total. The number of hydrogen-bond donors (Lipinski definition) is 0. The first kappa shape index (κ1) is 30.2. The molecule has 13 heteroatoms. The molecule has 0 aromatic heterocycles. The van der Waals surface area contributed by atoms with E-state index in [2.05, 4.69) is 0 Å². The molecule has 0 saturated carbocycles. The molecule has 0 aliphatic carbocycles. The Bertz CT molecular complexity index is 1600. The van der Waals surface area contributed by atoms with Gasteiger partial charge in [-0.3, -0.25) is 4.90 Å². The van der Waals surface area contributed by atoms with E-state index in [1.165, 1.54) is 45.2 Å². The molecule has 220 valence electrons. The number of rotatable bonds is 6. The summed E-state index contributed by atoms with van der Waals surface area (Å²) >= 11 is 0. The van der Waals surface area contributed by atoms with Gasteiger partial charge in [-0.15, -0.1) is 0 Å². The second-order valence-corrected chi connectivity index (χ2v) is 11.8. The number of ether oxygens (including phenoxy) is 2. The Balaban J connectivity index is 1.80. The lowest BCUT2D eigenvalue weighted by Gasteiger charge is -2.24. The van der Waals surface area contributed by atoms with Crippen molar-refractivity contribution in [2.24, 2.45) is 0 Å². The van der Waals surface area contributed by atoms with E-state index in [4.69, 9.17) is 9.47 Å². The third-order valence-electron chi connectivity index (χ3n) is 6.81. The second kappa shape index (κ2) is 10.6. The van der Waals surface area contributed by atoms with Crippen molar-refractivity contribution in [2.75, 3.05) is 13.4 Å². The number of hydrogen-bond acceptors (Lipinski definition) is 5. The van der Waals surface area contributed by atoms with Crippen LogP contribution < -0.4 is 4.74 Å². The molecule has 3 aromatic carbocycles. The molecular weight excluding hydrogens is 576 g/mol. The average Bonchev–Trinajstić information content (AvgIpc) is 3.14. The third-order valence-corrected chi connectivity index (χ3v) is 7.92. The van der Waals surface area contributed by atoms with E-state index < -0.39 is 58.1 Å². The molecule has 0 radical (unpaired) electrons. The molecule has 1 fully saturated rings. The Labute approximate surface area is 232 Å². The van der Waals surface area contributed by atoms with Crippen molar-refractivity contribution in [1.82, 2.24) is 4.90 Å². The van der Waals surface area contributed by atoms with Gasteiger partial charge in [-0.25, -0.2) is 13.2 Å². The third kappa shape index (κ3) is 6.29. The van der Waals surface area contributed by atoms with E-state index in [-0.39, 0.29) is 38.5 Å². The highest BCUT2D eigenvalue weighted by molar-refractivity contribution is 7.90. The Kier molecular flexibility index (Phi) is 7.80. The average molecular weight is 602 g/mol. The van der Waals surface area contributed by atoms with Crippen LogP contribution >= 0.6 is 0 Å². The van der Waals surface area contributed by atoms with Gasteiger partial charge >= 0.3 is 18.4 Å². The highest BCUT2D eigenvalue weighted by Crippen LogP contribution is 2.41. The van der Waals surface area contributed by atoms with Crippen LogP contribution in [0, 0.1) is 6.92 Å². The zero-order valence-corrected chi connectivity index (χ0v) is 23.0. The van der Waals surface area contributed by atoms with E-state index in [0.717, 1.165) is 41.5 Å². The molecule has 0 spiro atoms. The zero-order valence-electron chi connectivity index (χ0n) is 22.2. The Morgan fingerprint density at radius 3 is 2.15 bits per heavy atom. The summed E-state index contributed by atoms with van der Waals surface area (Å²) in [6.45, 7) is 2.56. The van der Waals surface area contributed by atoms with Crippen LogP contribution in [0.2, 0.25) is 0 Å². The number of methoxy groups -OCH3 is 1. The molecule has 1 aliphatic heterocycles. The number of aryl methyl sites for hydroxylation is 1. The van der Waals surface area contributed by atoms with Crippen LogP contribution in [0.25, 0.3) is 11.1 Å². The molecule has 0 bridgehead atoms.